The zero-order valence-corrected chi connectivity index (χ0v) is 23.3. The normalized spacial score (nSPS) is 13.9. The maximum atomic E-state index is 13.8. The van der Waals surface area contributed by atoms with Crippen LogP contribution in [0.4, 0.5) is 0 Å². The number of halogens is 1. The molecule has 0 aliphatic carbocycles. The number of rotatable bonds is 15. The molecule has 0 aliphatic rings. The number of quaternary nitrogens is 1. The first kappa shape index (κ1) is 29.5. The van der Waals surface area contributed by atoms with Gasteiger partial charge in [0.2, 0.25) is 5.91 Å². The standard InChI is InChI=1S/C26H38BrN3O4S/c1-4-15-30(16-5-2,35(33,34)29-26(32)6-3)24(18-22-13-10-14-23(27)17-22)25(31)20-28-19-21-11-8-7-9-12-21/h7-14,17,24-25,28,31H,4-6,15-16,18-20H2,1-3H3/p+1. The molecule has 3 N–H and O–H groups in total. The lowest BCUT2D eigenvalue weighted by molar-refractivity contribution is -0.838. The molecule has 2 atom stereocenters. The molecule has 0 aliphatic heterocycles. The van der Waals surface area contributed by atoms with Gasteiger partial charge in [0.05, 0.1) is 13.1 Å². The fraction of sp³-hybridized carbons (Fsp3) is 0.500. The number of aliphatic hydroxyl groups excluding tert-OH is 1. The molecule has 9 heteroatoms. The number of aliphatic hydroxyl groups is 1. The molecule has 0 saturated heterocycles. The second-order valence-corrected chi connectivity index (χ2v) is 11.6. The monoisotopic (exact) mass is 568 g/mol. The van der Waals surface area contributed by atoms with Gasteiger partial charge in [0.15, 0.2) is 0 Å². The van der Waals surface area contributed by atoms with E-state index in [1.54, 1.807) is 6.92 Å². The molecule has 0 aromatic heterocycles. The van der Waals surface area contributed by atoms with Crippen LogP contribution in [0.2, 0.25) is 0 Å². The topological polar surface area (TPSA) is 95.5 Å². The highest BCUT2D eigenvalue weighted by molar-refractivity contribution is 9.10. The van der Waals surface area contributed by atoms with Crippen LogP contribution in [0.5, 0.6) is 0 Å². The van der Waals surface area contributed by atoms with E-state index in [9.17, 15) is 18.3 Å². The maximum Gasteiger partial charge on any atom is 0.396 e. The first-order valence-corrected chi connectivity index (χ1v) is 14.5. The summed E-state index contributed by atoms with van der Waals surface area (Å²) in [4.78, 5) is 12.2. The van der Waals surface area contributed by atoms with Crippen LogP contribution in [0.1, 0.15) is 51.2 Å². The minimum absolute atomic E-state index is 0.0644. The predicted octanol–water partition coefficient (Wildman–Crippen LogP) is 3.92. The maximum absolute atomic E-state index is 13.8. The average Bonchev–Trinajstić information content (AvgIpc) is 2.82. The summed E-state index contributed by atoms with van der Waals surface area (Å²) in [6, 6.07) is 16.9. The quantitative estimate of drug-likeness (QED) is 0.283. The lowest BCUT2D eigenvalue weighted by Crippen LogP contribution is -2.68. The molecule has 0 heterocycles. The number of nitrogens with one attached hydrogen (secondary N) is 2. The van der Waals surface area contributed by atoms with Gasteiger partial charge in [0.25, 0.3) is 0 Å². The van der Waals surface area contributed by atoms with Crippen LogP contribution in [0, 0.1) is 0 Å². The molecular weight excluding hydrogens is 530 g/mol. The third-order valence-electron chi connectivity index (χ3n) is 6.15. The zero-order valence-electron chi connectivity index (χ0n) is 20.9. The first-order chi connectivity index (χ1) is 16.7. The lowest BCUT2D eigenvalue weighted by Gasteiger charge is -2.44. The van der Waals surface area contributed by atoms with Crippen LogP contribution in [0.3, 0.4) is 0 Å². The van der Waals surface area contributed by atoms with Crippen LogP contribution in [-0.4, -0.2) is 55.1 Å². The van der Waals surface area contributed by atoms with Gasteiger partial charge in [-0.15, -0.1) is 0 Å². The first-order valence-electron chi connectivity index (χ1n) is 12.3. The molecule has 7 nitrogen and oxygen atoms in total. The van der Waals surface area contributed by atoms with E-state index < -0.39 is 32.2 Å². The SMILES string of the molecule is CCC[N+](CCC)(C(Cc1cccc(Br)c1)C(O)CNCc1ccccc1)S(=O)(=O)NC(=O)CC. The number of amides is 1. The Balaban J connectivity index is 2.47. The summed E-state index contributed by atoms with van der Waals surface area (Å²) in [5.41, 5.74) is 1.99. The van der Waals surface area contributed by atoms with Gasteiger partial charge in [0, 0.05) is 30.4 Å². The molecule has 0 spiro atoms. The van der Waals surface area contributed by atoms with Crippen molar-refractivity contribution in [3.05, 3.63) is 70.2 Å². The van der Waals surface area contributed by atoms with Crippen molar-refractivity contribution in [3.8, 4) is 0 Å². The van der Waals surface area contributed by atoms with Crippen LogP contribution >= 0.6 is 15.9 Å². The minimum atomic E-state index is -4.13. The Hall–Kier alpha value is -1.78. The van der Waals surface area contributed by atoms with Crippen molar-refractivity contribution in [1.82, 2.24) is 10.0 Å². The number of benzene rings is 2. The number of carbonyl (C=O) groups is 1. The van der Waals surface area contributed by atoms with Crippen molar-refractivity contribution in [1.29, 1.82) is 0 Å². The average molecular weight is 570 g/mol. The molecule has 2 aromatic rings. The van der Waals surface area contributed by atoms with Gasteiger partial charge in [-0.05, 0) is 36.1 Å². The summed E-state index contributed by atoms with van der Waals surface area (Å²) < 4.78 is 30.4. The highest BCUT2D eigenvalue weighted by Gasteiger charge is 2.51. The molecule has 2 rings (SSSR count). The fourth-order valence-electron chi connectivity index (χ4n) is 4.54. The van der Waals surface area contributed by atoms with Gasteiger partial charge in [0.1, 0.15) is 12.1 Å². The van der Waals surface area contributed by atoms with Gasteiger partial charge in [-0.25, -0.2) is 4.72 Å². The van der Waals surface area contributed by atoms with Crippen molar-refractivity contribution < 1.29 is 22.2 Å². The highest BCUT2D eigenvalue weighted by atomic mass is 79.9. The Morgan fingerprint density at radius 1 is 1.00 bits per heavy atom. The number of hydrogen-bond donors (Lipinski definition) is 3. The van der Waals surface area contributed by atoms with E-state index in [4.69, 9.17) is 0 Å². The molecule has 2 unspecified atom stereocenters. The summed E-state index contributed by atoms with van der Waals surface area (Å²) in [5, 5.41) is 14.8. The molecule has 0 radical (unpaired) electrons. The second-order valence-electron chi connectivity index (χ2n) is 8.84. The second kappa shape index (κ2) is 14.1. The van der Waals surface area contributed by atoms with E-state index in [-0.39, 0.29) is 26.1 Å². The Kier molecular flexibility index (Phi) is 11.9. The summed E-state index contributed by atoms with van der Waals surface area (Å²) in [5.74, 6) is -0.544. The van der Waals surface area contributed by atoms with Gasteiger partial charge < -0.3 is 10.4 Å². The van der Waals surface area contributed by atoms with E-state index in [2.05, 4.69) is 26.0 Å². The minimum Gasteiger partial charge on any atom is -0.386 e. The summed E-state index contributed by atoms with van der Waals surface area (Å²) >= 11 is 3.50. The number of hydrogen-bond acceptors (Lipinski definition) is 5. The molecule has 0 fully saturated rings. The van der Waals surface area contributed by atoms with E-state index in [0.29, 0.717) is 25.8 Å². The van der Waals surface area contributed by atoms with Crippen LogP contribution < -0.4 is 10.0 Å². The van der Waals surface area contributed by atoms with Gasteiger partial charge >= 0.3 is 10.2 Å². The summed E-state index contributed by atoms with van der Waals surface area (Å²) in [6.07, 6.45) is 0.606. The molecule has 194 valence electrons. The van der Waals surface area contributed by atoms with E-state index in [0.717, 1.165) is 15.6 Å². The molecule has 35 heavy (non-hydrogen) atoms. The lowest BCUT2D eigenvalue weighted by atomic mass is 9.98. The van der Waals surface area contributed by atoms with Crippen molar-refractivity contribution in [2.24, 2.45) is 0 Å². The third kappa shape index (κ3) is 8.11. The third-order valence-corrected chi connectivity index (χ3v) is 8.73. The van der Waals surface area contributed by atoms with Crippen molar-refractivity contribution >= 4 is 32.0 Å². The van der Waals surface area contributed by atoms with Crippen LogP contribution in [-0.2, 0) is 28.0 Å². The Labute approximate surface area is 218 Å². The van der Waals surface area contributed by atoms with Crippen LogP contribution in [0.25, 0.3) is 0 Å². The molecule has 1 amide bonds. The van der Waals surface area contributed by atoms with Crippen molar-refractivity contribution in [2.45, 2.75) is 65.1 Å². The Morgan fingerprint density at radius 2 is 1.63 bits per heavy atom. The molecule has 0 bridgehead atoms. The van der Waals surface area contributed by atoms with Crippen LogP contribution in [0.15, 0.2) is 59.1 Å². The van der Waals surface area contributed by atoms with Gasteiger partial charge in [-0.3, -0.25) is 4.79 Å². The Bertz CT molecular complexity index is 1030. The fourth-order valence-corrected chi connectivity index (χ4v) is 7.02. The number of carbonyl (C=O) groups excluding carboxylic acids is 1. The Morgan fingerprint density at radius 3 is 2.20 bits per heavy atom. The van der Waals surface area contributed by atoms with Gasteiger partial charge in [-0.2, -0.15) is 12.3 Å². The smallest absolute Gasteiger partial charge is 0.386 e. The molecular formula is C26H39BrN3O4S+. The van der Waals surface area contributed by atoms with E-state index in [1.165, 1.54) is 0 Å². The van der Waals surface area contributed by atoms with E-state index >= 15 is 0 Å². The number of nitrogens with zero attached hydrogens (tertiary/aromatic N) is 1. The largest absolute Gasteiger partial charge is 0.396 e. The predicted molar refractivity (Wildman–Crippen MR) is 144 cm³/mol. The summed E-state index contributed by atoms with van der Waals surface area (Å²) in [7, 11) is -4.13. The summed E-state index contributed by atoms with van der Waals surface area (Å²) in [6.45, 7) is 6.83. The van der Waals surface area contributed by atoms with Crippen molar-refractivity contribution in [2.75, 3.05) is 19.6 Å². The molecule has 2 aromatic carbocycles. The van der Waals surface area contributed by atoms with Gasteiger partial charge in [-0.1, -0.05) is 79.2 Å². The zero-order chi connectivity index (χ0) is 25.9. The van der Waals surface area contributed by atoms with E-state index in [1.807, 2.05) is 68.4 Å². The van der Waals surface area contributed by atoms with Crippen molar-refractivity contribution in [3.63, 3.8) is 0 Å². The highest BCUT2D eigenvalue weighted by Crippen LogP contribution is 2.28. The molecule has 0 saturated carbocycles.